The zero-order valence-electron chi connectivity index (χ0n) is 14.0. The minimum absolute atomic E-state index is 0.161. The number of nitrogens with one attached hydrogen (secondary N) is 1. The molecule has 6 nitrogen and oxygen atoms in total. The third-order valence-electron chi connectivity index (χ3n) is 3.68. The van der Waals surface area contributed by atoms with Gasteiger partial charge in [0.25, 0.3) is 0 Å². The van der Waals surface area contributed by atoms with Crippen LogP contribution in [0.1, 0.15) is 23.7 Å². The molecule has 3 N–H and O–H groups in total. The Bertz CT molecular complexity index is 784. The maximum Gasteiger partial charge on any atom is 0.249 e. The van der Waals surface area contributed by atoms with Crippen molar-refractivity contribution in [2.24, 2.45) is 5.73 Å². The van der Waals surface area contributed by atoms with Crippen LogP contribution < -0.4 is 16.0 Å². The van der Waals surface area contributed by atoms with Gasteiger partial charge in [0.1, 0.15) is 6.04 Å². The highest BCUT2D eigenvalue weighted by molar-refractivity contribution is 5.99. The molecule has 0 heterocycles. The molecule has 128 valence electrons. The first-order valence-electron chi connectivity index (χ1n) is 7.92. The number of nitrogens with two attached hydrogens (primary N) is 1. The highest BCUT2D eigenvalue weighted by Gasteiger charge is 2.21. The molecule has 0 radical (unpaired) electrons. The second-order valence-corrected chi connectivity index (χ2v) is 5.54. The van der Waals surface area contributed by atoms with E-state index < -0.39 is 11.9 Å². The van der Waals surface area contributed by atoms with E-state index in [-0.39, 0.29) is 12.3 Å². The Morgan fingerprint density at radius 1 is 1.20 bits per heavy atom. The maximum atomic E-state index is 12.8. The van der Waals surface area contributed by atoms with E-state index in [0.29, 0.717) is 17.8 Å². The van der Waals surface area contributed by atoms with Gasteiger partial charge in [0.15, 0.2) is 0 Å². The predicted octanol–water partition coefficient (Wildman–Crippen LogP) is 2.53. The van der Waals surface area contributed by atoms with E-state index in [4.69, 9.17) is 11.0 Å². The van der Waals surface area contributed by atoms with E-state index in [2.05, 4.69) is 11.4 Å². The summed E-state index contributed by atoms with van der Waals surface area (Å²) in [5.41, 5.74) is 7.02. The van der Waals surface area contributed by atoms with Crippen molar-refractivity contribution < 1.29 is 9.59 Å². The maximum absolute atomic E-state index is 12.8. The Labute approximate surface area is 146 Å². The molecule has 1 unspecified atom stereocenters. The van der Waals surface area contributed by atoms with Gasteiger partial charge in [-0.25, -0.2) is 0 Å². The molecular formula is C19H20N4O2. The van der Waals surface area contributed by atoms with Crippen LogP contribution in [0.3, 0.4) is 0 Å². The van der Waals surface area contributed by atoms with Crippen molar-refractivity contribution in [2.75, 3.05) is 16.8 Å². The summed E-state index contributed by atoms with van der Waals surface area (Å²) in [5, 5.41) is 11.9. The summed E-state index contributed by atoms with van der Waals surface area (Å²) in [6.45, 7) is 2.05. The first kappa shape index (κ1) is 18.0. The smallest absolute Gasteiger partial charge is 0.249 e. The van der Waals surface area contributed by atoms with E-state index in [9.17, 15) is 9.59 Å². The first-order valence-corrected chi connectivity index (χ1v) is 7.92. The van der Waals surface area contributed by atoms with Gasteiger partial charge in [-0.2, -0.15) is 5.26 Å². The Hall–Kier alpha value is -3.33. The number of carbonyl (C=O) groups is 2. The highest BCUT2D eigenvalue weighted by atomic mass is 16.2. The third kappa shape index (κ3) is 4.82. The Kier molecular flexibility index (Phi) is 6.13. The fourth-order valence-electron chi connectivity index (χ4n) is 2.44. The second kappa shape index (κ2) is 8.50. The average molecular weight is 336 g/mol. The summed E-state index contributed by atoms with van der Waals surface area (Å²) in [5.74, 6) is -0.687. The van der Waals surface area contributed by atoms with Crippen molar-refractivity contribution in [1.82, 2.24) is 0 Å². The van der Waals surface area contributed by atoms with Crippen LogP contribution in [0.4, 0.5) is 11.4 Å². The molecule has 0 aromatic heterocycles. The van der Waals surface area contributed by atoms with E-state index in [1.807, 2.05) is 30.3 Å². The van der Waals surface area contributed by atoms with E-state index in [1.165, 1.54) is 0 Å². The first-order chi connectivity index (χ1) is 12.0. The number of hydrogen-bond acceptors (Lipinski definition) is 4. The summed E-state index contributed by atoms with van der Waals surface area (Å²) in [4.78, 5) is 25.7. The molecule has 0 aliphatic rings. The number of rotatable bonds is 7. The Morgan fingerprint density at radius 3 is 2.56 bits per heavy atom. The molecule has 0 aliphatic carbocycles. The predicted molar refractivity (Wildman–Crippen MR) is 97.1 cm³/mol. The topological polar surface area (TPSA) is 99.2 Å². The summed E-state index contributed by atoms with van der Waals surface area (Å²) in [6, 6.07) is 17.4. The minimum atomic E-state index is -0.540. The second-order valence-electron chi connectivity index (χ2n) is 5.54. The highest BCUT2D eigenvalue weighted by Crippen LogP contribution is 2.17. The average Bonchev–Trinajstić information content (AvgIpc) is 2.63. The number of hydrogen-bond donors (Lipinski definition) is 2. The van der Waals surface area contributed by atoms with Gasteiger partial charge in [-0.3, -0.25) is 9.59 Å². The lowest BCUT2D eigenvalue weighted by Gasteiger charge is -2.26. The molecular weight excluding hydrogens is 316 g/mol. The van der Waals surface area contributed by atoms with Crippen LogP contribution in [0.15, 0.2) is 54.6 Å². The summed E-state index contributed by atoms with van der Waals surface area (Å²) >= 11 is 0. The van der Waals surface area contributed by atoms with E-state index >= 15 is 0 Å². The standard InChI is InChI=1S/C19H20N4O2/c1-14(22-16-8-5-7-15(13-16)18(21)24)19(25)23(12-6-11-20)17-9-3-2-4-10-17/h2-5,7-10,13-14,22H,6,12H2,1H3,(H2,21,24). The number of nitriles is 1. The molecule has 1 atom stereocenters. The van der Waals surface area contributed by atoms with Crippen molar-refractivity contribution in [1.29, 1.82) is 5.26 Å². The summed E-state index contributed by atoms with van der Waals surface area (Å²) in [6.07, 6.45) is 0.241. The fraction of sp³-hybridized carbons (Fsp3) is 0.211. The normalized spacial score (nSPS) is 11.2. The van der Waals surface area contributed by atoms with Crippen LogP contribution in [0.25, 0.3) is 0 Å². The van der Waals surface area contributed by atoms with Gasteiger partial charge >= 0.3 is 0 Å². The number of carbonyl (C=O) groups excluding carboxylic acids is 2. The number of primary amides is 1. The fourth-order valence-corrected chi connectivity index (χ4v) is 2.44. The SMILES string of the molecule is CC(Nc1cccc(C(N)=O)c1)C(=O)N(CCC#N)c1ccccc1. The minimum Gasteiger partial charge on any atom is -0.374 e. The van der Waals surface area contributed by atoms with Crippen molar-refractivity contribution in [3.05, 3.63) is 60.2 Å². The molecule has 2 amide bonds. The number of benzene rings is 2. The molecule has 25 heavy (non-hydrogen) atoms. The number of para-hydroxylation sites is 1. The van der Waals surface area contributed by atoms with Crippen molar-refractivity contribution in [3.8, 4) is 6.07 Å². The van der Waals surface area contributed by atoms with Crippen molar-refractivity contribution in [2.45, 2.75) is 19.4 Å². The van der Waals surface area contributed by atoms with E-state index in [1.54, 1.807) is 36.1 Å². The van der Waals surface area contributed by atoms with Gasteiger partial charge in [0.05, 0.1) is 12.5 Å². The van der Waals surface area contributed by atoms with Gasteiger partial charge in [-0.15, -0.1) is 0 Å². The van der Waals surface area contributed by atoms with Crippen LogP contribution in [0.5, 0.6) is 0 Å². The van der Waals surface area contributed by atoms with Crippen molar-refractivity contribution in [3.63, 3.8) is 0 Å². The molecule has 0 spiro atoms. The van der Waals surface area contributed by atoms with Gasteiger partial charge in [0, 0.05) is 23.5 Å². The molecule has 6 heteroatoms. The summed E-state index contributed by atoms with van der Waals surface area (Å²) in [7, 11) is 0. The zero-order valence-corrected chi connectivity index (χ0v) is 14.0. The molecule has 0 bridgehead atoms. The van der Waals surface area contributed by atoms with Crippen LogP contribution in [-0.2, 0) is 4.79 Å². The molecule has 2 aromatic carbocycles. The van der Waals surface area contributed by atoms with Crippen LogP contribution in [0, 0.1) is 11.3 Å². The van der Waals surface area contributed by atoms with Crippen LogP contribution in [-0.4, -0.2) is 24.4 Å². The van der Waals surface area contributed by atoms with Crippen LogP contribution in [0.2, 0.25) is 0 Å². The quantitative estimate of drug-likeness (QED) is 0.811. The number of amides is 2. The van der Waals surface area contributed by atoms with Crippen molar-refractivity contribution >= 4 is 23.2 Å². The van der Waals surface area contributed by atoms with Gasteiger partial charge in [-0.05, 0) is 37.3 Å². The number of anilines is 2. The lowest BCUT2D eigenvalue weighted by molar-refractivity contribution is -0.119. The molecule has 2 aromatic rings. The molecule has 0 saturated carbocycles. The molecule has 0 fully saturated rings. The molecule has 2 rings (SSSR count). The Morgan fingerprint density at radius 2 is 1.92 bits per heavy atom. The lowest BCUT2D eigenvalue weighted by atomic mass is 10.1. The molecule has 0 saturated heterocycles. The van der Waals surface area contributed by atoms with Gasteiger partial charge in [-0.1, -0.05) is 24.3 Å². The van der Waals surface area contributed by atoms with Crippen LogP contribution >= 0.6 is 0 Å². The number of nitrogens with zero attached hydrogens (tertiary/aromatic N) is 2. The Balaban J connectivity index is 2.16. The summed E-state index contributed by atoms with van der Waals surface area (Å²) < 4.78 is 0. The monoisotopic (exact) mass is 336 g/mol. The lowest BCUT2D eigenvalue weighted by Crippen LogP contribution is -2.42. The third-order valence-corrected chi connectivity index (χ3v) is 3.68. The van der Waals surface area contributed by atoms with Gasteiger partial charge in [0.2, 0.25) is 11.8 Å². The zero-order chi connectivity index (χ0) is 18.2. The molecule has 0 aliphatic heterocycles. The largest absolute Gasteiger partial charge is 0.374 e. The van der Waals surface area contributed by atoms with Gasteiger partial charge < -0.3 is 16.0 Å². The van der Waals surface area contributed by atoms with E-state index in [0.717, 1.165) is 5.69 Å².